The van der Waals surface area contributed by atoms with Gasteiger partial charge in [0.25, 0.3) is 0 Å². The Balaban J connectivity index is 1.30. The fourth-order valence-corrected chi connectivity index (χ4v) is 6.85. The van der Waals surface area contributed by atoms with Crippen molar-refractivity contribution < 1.29 is 38.3 Å². The number of carbonyl (C=O) groups is 1. The number of aromatic nitrogens is 3. The number of esters is 1. The van der Waals surface area contributed by atoms with Crippen LogP contribution in [0.3, 0.4) is 0 Å². The van der Waals surface area contributed by atoms with Crippen LogP contribution in [0.2, 0.25) is 0 Å². The van der Waals surface area contributed by atoms with E-state index < -0.39 is 54.7 Å². The molecule has 0 bridgehead atoms. The van der Waals surface area contributed by atoms with Gasteiger partial charge in [0.05, 0.1) is 63.9 Å². The van der Waals surface area contributed by atoms with Crippen LogP contribution >= 0.6 is 0 Å². The number of ether oxygens (including phenoxy) is 6. The monoisotopic (exact) mass is 749 g/mol. The average Bonchev–Trinajstić information content (AvgIpc) is 3.72. The van der Waals surface area contributed by atoms with E-state index >= 15 is 0 Å². The first-order valence-corrected chi connectivity index (χ1v) is 18.8. The lowest BCUT2D eigenvalue weighted by molar-refractivity contribution is -0.321. The zero-order valence-electron chi connectivity index (χ0n) is 31.6. The number of hydrogen-bond donors (Lipinski definition) is 1. The zero-order valence-corrected chi connectivity index (χ0v) is 31.6. The van der Waals surface area contributed by atoms with Gasteiger partial charge in [0.15, 0.2) is 6.29 Å². The molecule has 0 spiro atoms. The highest BCUT2D eigenvalue weighted by Gasteiger charge is 2.48. The van der Waals surface area contributed by atoms with Crippen LogP contribution in [0.25, 0.3) is 11.3 Å². The number of rotatable bonds is 19. The highest BCUT2D eigenvalue weighted by Crippen LogP contribution is 2.33. The van der Waals surface area contributed by atoms with Gasteiger partial charge in [0, 0.05) is 5.56 Å². The maximum Gasteiger partial charge on any atom is 0.308 e. The van der Waals surface area contributed by atoms with Crippen LogP contribution in [-0.2, 0) is 53.0 Å². The molecule has 1 aliphatic heterocycles. The fraction of sp³-hybridized carbons (Fsp3) is 0.386. The van der Waals surface area contributed by atoms with E-state index in [4.69, 9.17) is 28.4 Å². The Morgan fingerprint density at radius 2 is 1.24 bits per heavy atom. The van der Waals surface area contributed by atoms with E-state index in [9.17, 15) is 9.90 Å². The molecule has 1 N–H and O–H groups in total. The fourth-order valence-electron chi connectivity index (χ4n) is 6.85. The van der Waals surface area contributed by atoms with E-state index in [0.29, 0.717) is 18.9 Å². The van der Waals surface area contributed by atoms with Gasteiger partial charge in [0.1, 0.15) is 24.0 Å². The van der Waals surface area contributed by atoms with Gasteiger partial charge in [-0.25, -0.2) is 4.68 Å². The van der Waals surface area contributed by atoms with Crippen LogP contribution in [-0.4, -0.2) is 76.6 Å². The summed E-state index contributed by atoms with van der Waals surface area (Å²) in [4.78, 5) is 13.0. The third kappa shape index (κ3) is 11.4. The molecule has 4 aromatic carbocycles. The van der Waals surface area contributed by atoms with Gasteiger partial charge >= 0.3 is 5.97 Å². The van der Waals surface area contributed by atoms with Crippen LogP contribution in [0, 0.1) is 5.92 Å². The van der Waals surface area contributed by atoms with Crippen molar-refractivity contribution in [1.29, 1.82) is 0 Å². The average molecular weight is 750 g/mol. The maximum atomic E-state index is 13.0. The van der Waals surface area contributed by atoms with E-state index in [2.05, 4.69) is 10.3 Å². The third-order valence-electron chi connectivity index (χ3n) is 9.71. The molecular weight excluding hydrogens is 698 g/mol. The number of aliphatic hydroxyl groups is 1. The lowest BCUT2D eigenvalue weighted by Crippen LogP contribution is -2.60. The predicted molar refractivity (Wildman–Crippen MR) is 206 cm³/mol. The summed E-state index contributed by atoms with van der Waals surface area (Å²) in [7, 11) is 1.35. The highest BCUT2D eigenvalue weighted by atomic mass is 16.7. The van der Waals surface area contributed by atoms with Gasteiger partial charge < -0.3 is 33.5 Å². The van der Waals surface area contributed by atoms with Crippen LogP contribution in [0.5, 0.6) is 0 Å². The molecule has 1 aliphatic rings. The number of methoxy groups -OCH3 is 1. The van der Waals surface area contributed by atoms with Crippen molar-refractivity contribution in [3.63, 3.8) is 0 Å². The summed E-state index contributed by atoms with van der Waals surface area (Å²) in [5.74, 6) is -1.05. The molecule has 6 unspecified atom stereocenters. The second-order valence-corrected chi connectivity index (χ2v) is 14.0. The molecule has 11 nitrogen and oxygen atoms in total. The van der Waals surface area contributed by atoms with Crippen LogP contribution in [0.1, 0.15) is 49.4 Å². The Kier molecular flexibility index (Phi) is 14.7. The van der Waals surface area contributed by atoms with Crippen molar-refractivity contribution >= 4 is 5.97 Å². The number of aliphatic hydroxyl groups excluding tert-OH is 1. The van der Waals surface area contributed by atoms with Gasteiger partial charge in [0.2, 0.25) is 0 Å². The normalized spacial score (nSPS) is 21.4. The Morgan fingerprint density at radius 3 is 1.76 bits per heavy atom. The van der Waals surface area contributed by atoms with Gasteiger partial charge in [-0.15, -0.1) is 5.10 Å². The minimum atomic E-state index is -0.885. The van der Waals surface area contributed by atoms with Gasteiger partial charge in [-0.3, -0.25) is 4.79 Å². The number of hydrogen-bond acceptors (Lipinski definition) is 10. The van der Waals surface area contributed by atoms with Gasteiger partial charge in [-0.2, -0.15) is 0 Å². The Morgan fingerprint density at radius 1 is 0.727 bits per heavy atom. The highest BCUT2D eigenvalue weighted by molar-refractivity contribution is 5.72. The second-order valence-electron chi connectivity index (χ2n) is 14.0. The smallest absolute Gasteiger partial charge is 0.308 e. The van der Waals surface area contributed by atoms with Crippen LogP contribution in [0.15, 0.2) is 128 Å². The molecule has 1 saturated heterocycles. The summed E-state index contributed by atoms with van der Waals surface area (Å²) >= 11 is 0. The van der Waals surface area contributed by atoms with E-state index in [1.165, 1.54) is 7.11 Å². The summed E-state index contributed by atoms with van der Waals surface area (Å²) in [6, 6.07) is 39.1. The van der Waals surface area contributed by atoms with E-state index in [1.54, 1.807) is 11.6 Å². The first-order valence-electron chi connectivity index (χ1n) is 18.8. The van der Waals surface area contributed by atoms with Gasteiger partial charge in [-0.1, -0.05) is 127 Å². The van der Waals surface area contributed by atoms with E-state index in [0.717, 1.165) is 22.3 Å². The molecule has 2 heterocycles. The summed E-state index contributed by atoms with van der Waals surface area (Å²) in [6.45, 7) is 4.65. The molecule has 1 aromatic heterocycles. The molecule has 1 fully saturated rings. The largest absolute Gasteiger partial charge is 0.469 e. The van der Waals surface area contributed by atoms with E-state index in [1.807, 2.05) is 134 Å². The SMILES string of the molecule is COC(=O)C(C[C@H](COC1OC(C)C(OCc2ccccc2)C(OCc2ccccc2)C1OCc1ccccc1)n1cc(-c2ccccc2)nn1)C[C@H](C)O. The summed E-state index contributed by atoms with van der Waals surface area (Å²) in [5, 5.41) is 19.2. The standard InChI is InChI=1S/C44H51N3O8/c1-31(48)24-37(43(49)50-3)25-38(47-26-39(45-46-47)36-22-14-7-15-23-36)30-54-44-42(53-29-35-20-12-6-13-21-35)41(52-28-34-18-10-5-11-19-34)40(32(2)55-44)51-27-33-16-8-4-9-17-33/h4-23,26,31-32,37-38,40-42,44,48H,24-25,27-30H2,1-3H3/t31-,32?,37?,38+,40?,41?,42?,44?/m0/s1. The maximum absolute atomic E-state index is 13.0. The first-order chi connectivity index (χ1) is 26.9. The van der Waals surface area contributed by atoms with Crippen molar-refractivity contribution in [2.45, 2.75) is 89.4 Å². The third-order valence-corrected chi connectivity index (χ3v) is 9.71. The Hall–Kier alpha value is -4.75. The molecule has 0 amide bonds. The van der Waals surface area contributed by atoms with Crippen molar-refractivity contribution in [3.8, 4) is 11.3 Å². The summed E-state index contributed by atoms with van der Waals surface area (Å²) in [6.07, 6.45) is -1.55. The molecule has 0 aliphatic carbocycles. The molecule has 6 rings (SSSR count). The summed E-state index contributed by atoms with van der Waals surface area (Å²) < 4.78 is 40.3. The Bertz CT molecular complexity index is 1840. The molecule has 8 atom stereocenters. The predicted octanol–water partition coefficient (Wildman–Crippen LogP) is 6.95. The van der Waals surface area contributed by atoms with Crippen molar-refractivity contribution in [3.05, 3.63) is 144 Å². The second kappa shape index (κ2) is 20.2. The lowest BCUT2D eigenvalue weighted by Gasteiger charge is -2.45. The minimum Gasteiger partial charge on any atom is -0.469 e. The number of benzene rings is 4. The minimum absolute atomic E-state index is 0.0778. The van der Waals surface area contributed by atoms with E-state index in [-0.39, 0.29) is 26.1 Å². The van der Waals surface area contributed by atoms with Crippen LogP contribution in [0.4, 0.5) is 0 Å². The topological polar surface area (TPSA) is 123 Å². The molecule has 0 saturated carbocycles. The van der Waals surface area contributed by atoms with Gasteiger partial charge in [-0.05, 0) is 43.4 Å². The number of carbonyl (C=O) groups excluding carboxylic acids is 1. The quantitative estimate of drug-likeness (QED) is 0.0888. The number of nitrogens with zero attached hydrogens (tertiary/aromatic N) is 3. The first kappa shape index (κ1) is 39.9. The molecule has 0 radical (unpaired) electrons. The van der Waals surface area contributed by atoms with Crippen molar-refractivity contribution in [1.82, 2.24) is 15.0 Å². The zero-order chi connectivity index (χ0) is 38.4. The lowest BCUT2D eigenvalue weighted by atomic mass is 9.94. The molecular formula is C44H51N3O8. The molecule has 55 heavy (non-hydrogen) atoms. The molecule has 5 aromatic rings. The van der Waals surface area contributed by atoms with Crippen molar-refractivity contribution in [2.75, 3.05) is 13.7 Å². The summed E-state index contributed by atoms with van der Waals surface area (Å²) in [5.41, 5.74) is 4.60. The molecule has 290 valence electrons. The Labute approximate surface area is 323 Å². The van der Waals surface area contributed by atoms with Crippen molar-refractivity contribution in [2.24, 2.45) is 5.92 Å². The molecule has 11 heteroatoms. The van der Waals surface area contributed by atoms with Crippen LogP contribution < -0.4 is 0 Å².